The summed E-state index contributed by atoms with van der Waals surface area (Å²) >= 11 is 0. The summed E-state index contributed by atoms with van der Waals surface area (Å²) < 4.78 is 2.08. The molecule has 2 amide bonds. The molecule has 2 N–H and O–H groups in total. The number of fused-ring (bicyclic) bond motifs is 3. The van der Waals surface area contributed by atoms with Crippen LogP contribution in [0.5, 0.6) is 0 Å². The lowest BCUT2D eigenvalue weighted by Gasteiger charge is -2.23. The van der Waals surface area contributed by atoms with E-state index in [2.05, 4.69) is 38.4 Å². The predicted octanol–water partition coefficient (Wildman–Crippen LogP) is 4.91. The van der Waals surface area contributed by atoms with Gasteiger partial charge in [-0.2, -0.15) is 5.26 Å². The minimum absolute atomic E-state index is 0.0168. The van der Waals surface area contributed by atoms with Crippen molar-refractivity contribution in [3.05, 3.63) is 96.4 Å². The van der Waals surface area contributed by atoms with E-state index in [-0.39, 0.29) is 12.1 Å². The van der Waals surface area contributed by atoms with E-state index in [9.17, 15) is 10.1 Å². The van der Waals surface area contributed by atoms with Crippen LogP contribution in [0.3, 0.4) is 0 Å². The van der Waals surface area contributed by atoms with E-state index >= 15 is 0 Å². The number of rotatable bonds is 5. The van der Waals surface area contributed by atoms with Gasteiger partial charge in [-0.1, -0.05) is 42.5 Å². The normalized spacial score (nSPS) is 13.5. The summed E-state index contributed by atoms with van der Waals surface area (Å²) in [7, 11) is 1.91. The molecule has 162 valence electrons. The lowest BCUT2D eigenvalue weighted by Crippen LogP contribution is -2.34. The minimum Gasteiger partial charge on any atom is -0.343 e. The first-order valence-electron chi connectivity index (χ1n) is 10.6. The van der Waals surface area contributed by atoms with E-state index in [1.807, 2.05) is 60.6 Å². The highest BCUT2D eigenvalue weighted by atomic mass is 16.2. The summed E-state index contributed by atoms with van der Waals surface area (Å²) in [5.74, 6) is 0. The van der Waals surface area contributed by atoms with Crippen molar-refractivity contribution in [1.29, 1.82) is 5.26 Å². The lowest BCUT2D eigenvalue weighted by molar-refractivity contribution is 0.251. The van der Waals surface area contributed by atoms with E-state index in [0.717, 1.165) is 28.2 Å². The van der Waals surface area contributed by atoms with Gasteiger partial charge in [0.2, 0.25) is 0 Å². The Morgan fingerprint density at radius 1 is 1.12 bits per heavy atom. The van der Waals surface area contributed by atoms with E-state index in [0.29, 0.717) is 17.8 Å². The number of benzene rings is 3. The molecule has 1 aromatic heterocycles. The van der Waals surface area contributed by atoms with Crippen LogP contribution in [0.4, 0.5) is 21.9 Å². The maximum Gasteiger partial charge on any atom is 0.319 e. The molecule has 0 bridgehead atoms. The molecule has 1 aliphatic heterocycles. The molecule has 0 saturated carbocycles. The van der Waals surface area contributed by atoms with Gasteiger partial charge >= 0.3 is 6.03 Å². The van der Waals surface area contributed by atoms with Gasteiger partial charge in [-0.3, -0.25) is 0 Å². The Morgan fingerprint density at radius 2 is 1.91 bits per heavy atom. The number of hydrogen-bond donors (Lipinski definition) is 2. The highest BCUT2D eigenvalue weighted by Gasteiger charge is 2.28. The van der Waals surface area contributed by atoms with Gasteiger partial charge in [0, 0.05) is 24.8 Å². The number of imidazole rings is 1. The first-order chi connectivity index (χ1) is 16.2. The van der Waals surface area contributed by atoms with Gasteiger partial charge in [-0.05, 0) is 35.9 Å². The van der Waals surface area contributed by atoms with Crippen LogP contribution in [0.25, 0.3) is 11.3 Å². The molecule has 1 unspecified atom stereocenters. The maximum atomic E-state index is 12.9. The summed E-state index contributed by atoms with van der Waals surface area (Å²) in [5, 5.41) is 15.3. The van der Waals surface area contributed by atoms with Crippen LogP contribution in [0.15, 0.2) is 85.3 Å². The highest BCUT2D eigenvalue weighted by molar-refractivity contribution is 5.94. The van der Waals surface area contributed by atoms with Crippen molar-refractivity contribution >= 4 is 23.1 Å². The standard InChI is InChI=1S/C26H22N6O/c1-31(19-7-3-2-4-8-19)23-13-18(14-27)11-12-22(23)30-26(33)29-16-25-21-10-6-5-9-20(21)24-15-28-17-32(24)25/h2-13,15,17,25H,16H2,1H3,(H2,29,30,33). The Bertz CT molecular complexity index is 1350. The zero-order chi connectivity index (χ0) is 22.8. The second-order valence-corrected chi connectivity index (χ2v) is 7.86. The summed E-state index contributed by atoms with van der Waals surface area (Å²) in [6, 6.07) is 25.0. The third kappa shape index (κ3) is 3.79. The second-order valence-electron chi connectivity index (χ2n) is 7.86. The minimum atomic E-state index is -0.312. The molecule has 0 radical (unpaired) electrons. The van der Waals surface area contributed by atoms with Crippen molar-refractivity contribution in [1.82, 2.24) is 14.9 Å². The summed E-state index contributed by atoms with van der Waals surface area (Å²) in [5.41, 5.74) is 6.18. The molecule has 7 heteroatoms. The zero-order valence-electron chi connectivity index (χ0n) is 18.1. The number of anilines is 3. The second kappa shape index (κ2) is 8.52. The molecule has 0 spiro atoms. The van der Waals surface area contributed by atoms with Gasteiger partial charge in [-0.15, -0.1) is 0 Å². The van der Waals surface area contributed by atoms with Gasteiger partial charge < -0.3 is 20.1 Å². The lowest BCUT2D eigenvalue weighted by atomic mass is 10.0. The van der Waals surface area contributed by atoms with Crippen molar-refractivity contribution in [3.63, 3.8) is 0 Å². The third-order valence-electron chi connectivity index (χ3n) is 5.93. The molecule has 5 rings (SSSR count). The van der Waals surface area contributed by atoms with Gasteiger partial charge in [0.05, 0.1) is 47.3 Å². The molecule has 7 nitrogen and oxygen atoms in total. The highest BCUT2D eigenvalue weighted by Crippen LogP contribution is 2.38. The smallest absolute Gasteiger partial charge is 0.319 e. The maximum absolute atomic E-state index is 12.9. The SMILES string of the molecule is CN(c1ccccc1)c1cc(C#N)ccc1NC(=O)NCC1c2ccccc2-c2cncn21. The van der Waals surface area contributed by atoms with Crippen molar-refractivity contribution in [2.24, 2.45) is 0 Å². The monoisotopic (exact) mass is 434 g/mol. The Morgan fingerprint density at radius 3 is 2.73 bits per heavy atom. The molecule has 3 aromatic carbocycles. The molecular weight excluding hydrogens is 412 g/mol. The Balaban J connectivity index is 1.34. The Kier molecular flexibility index (Phi) is 5.25. The zero-order valence-corrected chi connectivity index (χ0v) is 18.1. The number of urea groups is 1. The van der Waals surface area contributed by atoms with Gasteiger partial charge in [0.25, 0.3) is 0 Å². The van der Waals surface area contributed by atoms with Crippen molar-refractivity contribution < 1.29 is 4.79 Å². The number of carbonyl (C=O) groups excluding carboxylic acids is 1. The number of nitrogens with one attached hydrogen (secondary N) is 2. The molecule has 0 aliphatic carbocycles. The molecule has 33 heavy (non-hydrogen) atoms. The predicted molar refractivity (Wildman–Crippen MR) is 128 cm³/mol. The fourth-order valence-corrected chi connectivity index (χ4v) is 4.27. The van der Waals surface area contributed by atoms with Gasteiger partial charge in [0.1, 0.15) is 0 Å². The first kappa shape index (κ1) is 20.3. The average Bonchev–Trinajstić information content (AvgIpc) is 3.44. The molecule has 2 heterocycles. The summed E-state index contributed by atoms with van der Waals surface area (Å²) in [6.07, 6.45) is 3.65. The number of nitriles is 1. The first-order valence-corrected chi connectivity index (χ1v) is 10.6. The van der Waals surface area contributed by atoms with Crippen molar-refractivity contribution in [3.8, 4) is 17.3 Å². The number of aromatic nitrogens is 2. The van der Waals surface area contributed by atoms with Crippen LogP contribution < -0.4 is 15.5 Å². The number of hydrogen-bond acceptors (Lipinski definition) is 4. The van der Waals surface area contributed by atoms with Crippen molar-refractivity contribution in [2.75, 3.05) is 23.8 Å². The van der Waals surface area contributed by atoms with Crippen LogP contribution in [0.2, 0.25) is 0 Å². The third-order valence-corrected chi connectivity index (χ3v) is 5.93. The summed E-state index contributed by atoms with van der Waals surface area (Å²) in [6.45, 7) is 0.423. The summed E-state index contributed by atoms with van der Waals surface area (Å²) in [4.78, 5) is 19.1. The molecule has 1 aliphatic rings. The number of nitrogens with zero attached hydrogens (tertiary/aromatic N) is 4. The molecule has 0 saturated heterocycles. The molecule has 4 aromatic rings. The van der Waals surface area contributed by atoms with E-state index in [1.54, 1.807) is 24.5 Å². The van der Waals surface area contributed by atoms with Gasteiger partial charge in [-0.25, -0.2) is 9.78 Å². The van der Waals surface area contributed by atoms with Crippen LogP contribution in [-0.4, -0.2) is 29.2 Å². The molecular formula is C26H22N6O. The topological polar surface area (TPSA) is 86.0 Å². The van der Waals surface area contributed by atoms with Crippen molar-refractivity contribution in [2.45, 2.75) is 6.04 Å². The van der Waals surface area contributed by atoms with Crippen LogP contribution in [0.1, 0.15) is 17.2 Å². The van der Waals surface area contributed by atoms with Crippen LogP contribution >= 0.6 is 0 Å². The Hall–Kier alpha value is -4.57. The fraction of sp³-hybridized carbons (Fsp3) is 0.115. The molecule has 0 fully saturated rings. The quantitative estimate of drug-likeness (QED) is 0.467. The fourth-order valence-electron chi connectivity index (χ4n) is 4.27. The average molecular weight is 435 g/mol. The van der Waals surface area contributed by atoms with E-state index < -0.39 is 0 Å². The number of para-hydroxylation sites is 1. The Labute approximate surface area is 191 Å². The van der Waals surface area contributed by atoms with Crippen LogP contribution in [-0.2, 0) is 0 Å². The number of amides is 2. The number of carbonyl (C=O) groups is 1. The van der Waals surface area contributed by atoms with E-state index in [1.165, 1.54) is 0 Å². The van der Waals surface area contributed by atoms with E-state index in [4.69, 9.17) is 0 Å². The van der Waals surface area contributed by atoms with Crippen LogP contribution in [0, 0.1) is 11.3 Å². The van der Waals surface area contributed by atoms with Gasteiger partial charge in [0.15, 0.2) is 0 Å². The largest absolute Gasteiger partial charge is 0.343 e. The molecule has 1 atom stereocenters.